The number of aryl methyl sites for hydroxylation is 1. The summed E-state index contributed by atoms with van der Waals surface area (Å²) in [5, 5.41) is 12.9. The number of rotatable bonds is 6. The molecule has 104 valence electrons. The lowest BCUT2D eigenvalue weighted by molar-refractivity contribution is -0.0484. The Morgan fingerprint density at radius 1 is 1.50 bits per heavy atom. The highest BCUT2D eigenvalue weighted by Gasteiger charge is 2.16. The van der Waals surface area contributed by atoms with Crippen molar-refractivity contribution in [2.24, 2.45) is 0 Å². The van der Waals surface area contributed by atoms with E-state index in [0.29, 0.717) is 19.0 Å². The van der Waals surface area contributed by atoms with Gasteiger partial charge in [-0.15, -0.1) is 0 Å². The molecule has 1 aromatic heterocycles. The molecule has 0 bridgehead atoms. The number of oxazole rings is 1. The van der Waals surface area contributed by atoms with E-state index in [1.807, 2.05) is 34.6 Å². The molecule has 0 radical (unpaired) electrons. The summed E-state index contributed by atoms with van der Waals surface area (Å²) in [6.45, 7) is 10.5. The number of hydrogen-bond acceptors (Lipinski definition) is 5. The first-order valence-corrected chi connectivity index (χ1v) is 6.25. The van der Waals surface area contributed by atoms with Gasteiger partial charge in [0.1, 0.15) is 5.76 Å². The van der Waals surface area contributed by atoms with Crippen molar-refractivity contribution in [3.63, 3.8) is 0 Å². The summed E-state index contributed by atoms with van der Waals surface area (Å²) in [6, 6.07) is -0.0250. The van der Waals surface area contributed by atoms with E-state index in [9.17, 15) is 5.11 Å². The molecule has 1 aromatic rings. The van der Waals surface area contributed by atoms with Gasteiger partial charge in [0.25, 0.3) is 0 Å². The van der Waals surface area contributed by atoms with Gasteiger partial charge in [-0.05, 0) is 34.6 Å². The predicted molar refractivity (Wildman–Crippen MR) is 69.4 cm³/mol. The molecule has 1 rings (SSSR count). The van der Waals surface area contributed by atoms with Crippen LogP contribution < -0.4 is 5.32 Å². The van der Waals surface area contributed by atoms with E-state index in [1.165, 1.54) is 0 Å². The molecule has 0 aliphatic carbocycles. The highest BCUT2D eigenvalue weighted by atomic mass is 16.5. The summed E-state index contributed by atoms with van der Waals surface area (Å²) >= 11 is 0. The first-order valence-electron chi connectivity index (χ1n) is 6.25. The van der Waals surface area contributed by atoms with Gasteiger partial charge in [-0.1, -0.05) is 0 Å². The minimum Gasteiger partial charge on any atom is -0.444 e. The molecule has 5 nitrogen and oxygen atoms in total. The number of aliphatic hydroxyl groups is 1. The van der Waals surface area contributed by atoms with Crippen molar-refractivity contribution < 1.29 is 14.3 Å². The van der Waals surface area contributed by atoms with Crippen molar-refractivity contribution in [3.05, 3.63) is 17.8 Å². The first kappa shape index (κ1) is 15.1. The third-order valence-electron chi connectivity index (χ3n) is 2.38. The molecule has 18 heavy (non-hydrogen) atoms. The average Bonchev–Trinajstić information content (AvgIpc) is 2.69. The first-order chi connectivity index (χ1) is 8.28. The Kier molecular flexibility index (Phi) is 5.31. The summed E-state index contributed by atoms with van der Waals surface area (Å²) in [5.74, 6) is 1.42. The Hall–Kier alpha value is -0.910. The Labute approximate surface area is 109 Å². The third kappa shape index (κ3) is 5.62. The molecule has 1 heterocycles. The maximum absolute atomic E-state index is 9.77. The molecule has 0 aliphatic rings. The monoisotopic (exact) mass is 256 g/mol. The molecule has 2 atom stereocenters. The van der Waals surface area contributed by atoms with Crippen molar-refractivity contribution in [2.75, 3.05) is 13.2 Å². The zero-order chi connectivity index (χ0) is 13.8. The summed E-state index contributed by atoms with van der Waals surface area (Å²) in [6.07, 6.45) is 1.15. The van der Waals surface area contributed by atoms with Crippen molar-refractivity contribution in [3.8, 4) is 0 Å². The van der Waals surface area contributed by atoms with Gasteiger partial charge in [0.2, 0.25) is 5.89 Å². The van der Waals surface area contributed by atoms with Gasteiger partial charge < -0.3 is 19.6 Å². The maximum atomic E-state index is 9.77. The molecule has 2 N–H and O–H groups in total. The van der Waals surface area contributed by atoms with Gasteiger partial charge in [-0.2, -0.15) is 0 Å². The highest BCUT2D eigenvalue weighted by Crippen LogP contribution is 2.12. The quantitative estimate of drug-likeness (QED) is 0.812. The largest absolute Gasteiger partial charge is 0.444 e. The van der Waals surface area contributed by atoms with Crippen LogP contribution in [0.3, 0.4) is 0 Å². The lowest BCUT2D eigenvalue weighted by atomic mass is 10.2. The Morgan fingerprint density at radius 2 is 2.17 bits per heavy atom. The summed E-state index contributed by atoms with van der Waals surface area (Å²) < 4.78 is 10.9. The topological polar surface area (TPSA) is 67.5 Å². The normalized spacial score (nSPS) is 15.7. The van der Waals surface area contributed by atoms with Crippen LogP contribution in [0.2, 0.25) is 0 Å². The Morgan fingerprint density at radius 3 is 2.67 bits per heavy atom. The van der Waals surface area contributed by atoms with E-state index < -0.39 is 6.10 Å². The van der Waals surface area contributed by atoms with Gasteiger partial charge in [-0.25, -0.2) is 4.98 Å². The lowest BCUT2D eigenvalue weighted by Gasteiger charge is -2.22. The van der Waals surface area contributed by atoms with Gasteiger partial charge in [0.05, 0.1) is 30.6 Å². The molecule has 0 aromatic carbocycles. The van der Waals surface area contributed by atoms with Gasteiger partial charge >= 0.3 is 0 Å². The summed E-state index contributed by atoms with van der Waals surface area (Å²) in [4.78, 5) is 4.14. The molecule has 0 saturated carbocycles. The average molecular weight is 256 g/mol. The molecular formula is C13H24N2O3. The lowest BCUT2D eigenvalue weighted by Crippen LogP contribution is -2.34. The molecule has 0 spiro atoms. The van der Waals surface area contributed by atoms with Crippen LogP contribution in [-0.4, -0.2) is 34.9 Å². The highest BCUT2D eigenvalue weighted by molar-refractivity contribution is 4.94. The van der Waals surface area contributed by atoms with Gasteiger partial charge in [0.15, 0.2) is 0 Å². The van der Waals surface area contributed by atoms with Crippen molar-refractivity contribution in [2.45, 2.75) is 52.4 Å². The van der Waals surface area contributed by atoms with Crippen molar-refractivity contribution in [1.29, 1.82) is 0 Å². The second-order valence-electron chi connectivity index (χ2n) is 5.52. The molecular weight excluding hydrogens is 232 g/mol. The van der Waals surface area contributed by atoms with E-state index in [4.69, 9.17) is 9.15 Å². The van der Waals surface area contributed by atoms with Crippen LogP contribution >= 0.6 is 0 Å². The van der Waals surface area contributed by atoms with Crippen molar-refractivity contribution in [1.82, 2.24) is 10.3 Å². The fourth-order valence-corrected chi connectivity index (χ4v) is 1.38. The van der Waals surface area contributed by atoms with Crippen LogP contribution in [0.1, 0.15) is 45.4 Å². The summed E-state index contributed by atoms with van der Waals surface area (Å²) in [5.41, 5.74) is -0.230. The second-order valence-corrected chi connectivity index (χ2v) is 5.52. The number of hydrogen-bond donors (Lipinski definition) is 2. The standard InChI is InChI=1S/C13H24N2O3/c1-9-6-15-12(18-9)10(2)14-7-11(16)8-17-13(3,4)5/h6,10-11,14,16H,7-8H2,1-5H3. The molecule has 0 fully saturated rings. The van der Waals surface area contributed by atoms with E-state index in [0.717, 1.165) is 5.76 Å². The zero-order valence-electron chi connectivity index (χ0n) is 11.9. The SMILES string of the molecule is Cc1cnc(C(C)NCC(O)COC(C)(C)C)o1. The van der Waals surface area contributed by atoms with Gasteiger partial charge in [-0.3, -0.25) is 0 Å². The van der Waals surface area contributed by atoms with Crippen LogP contribution in [0.25, 0.3) is 0 Å². The van der Waals surface area contributed by atoms with E-state index >= 15 is 0 Å². The fourth-order valence-electron chi connectivity index (χ4n) is 1.38. The summed E-state index contributed by atoms with van der Waals surface area (Å²) in [7, 11) is 0. The minimum absolute atomic E-state index is 0.0250. The smallest absolute Gasteiger partial charge is 0.211 e. The third-order valence-corrected chi connectivity index (χ3v) is 2.38. The van der Waals surface area contributed by atoms with Crippen molar-refractivity contribution >= 4 is 0 Å². The Balaban J connectivity index is 2.28. The number of aliphatic hydroxyl groups excluding tert-OH is 1. The Bertz CT molecular complexity index is 357. The molecule has 2 unspecified atom stereocenters. The molecule has 0 aliphatic heterocycles. The van der Waals surface area contributed by atoms with Crippen LogP contribution in [0.15, 0.2) is 10.6 Å². The molecule has 0 amide bonds. The second kappa shape index (κ2) is 6.31. The van der Waals surface area contributed by atoms with Gasteiger partial charge in [0, 0.05) is 6.54 Å². The zero-order valence-corrected chi connectivity index (χ0v) is 11.9. The molecule has 5 heteroatoms. The van der Waals surface area contributed by atoms with Crippen LogP contribution in [0, 0.1) is 6.92 Å². The maximum Gasteiger partial charge on any atom is 0.211 e. The fraction of sp³-hybridized carbons (Fsp3) is 0.769. The number of ether oxygens (including phenoxy) is 1. The van der Waals surface area contributed by atoms with Crippen LogP contribution in [0.5, 0.6) is 0 Å². The minimum atomic E-state index is -0.539. The van der Waals surface area contributed by atoms with E-state index in [2.05, 4.69) is 10.3 Å². The number of aromatic nitrogens is 1. The van der Waals surface area contributed by atoms with E-state index in [-0.39, 0.29) is 11.6 Å². The van der Waals surface area contributed by atoms with E-state index in [1.54, 1.807) is 6.20 Å². The predicted octanol–water partition coefficient (Wildman–Crippen LogP) is 1.81. The van der Waals surface area contributed by atoms with Crippen LogP contribution in [-0.2, 0) is 4.74 Å². The number of nitrogens with zero attached hydrogens (tertiary/aromatic N) is 1. The number of nitrogens with one attached hydrogen (secondary N) is 1. The molecule has 0 saturated heterocycles. The van der Waals surface area contributed by atoms with Crippen LogP contribution in [0.4, 0.5) is 0 Å².